The first-order valence-electron chi connectivity index (χ1n) is 8.91. The van der Waals surface area contributed by atoms with Crippen molar-refractivity contribution in [3.63, 3.8) is 0 Å². The number of hydrogen-bond acceptors (Lipinski definition) is 6. The Kier molecular flexibility index (Phi) is 4.61. The second-order valence-corrected chi connectivity index (χ2v) is 6.34. The number of carbonyl (C=O) groups is 1. The van der Waals surface area contributed by atoms with Crippen molar-refractivity contribution < 1.29 is 23.1 Å². The second-order valence-electron chi connectivity index (χ2n) is 6.34. The zero-order valence-electron chi connectivity index (χ0n) is 15.5. The number of benzene rings is 2. The van der Waals surface area contributed by atoms with Gasteiger partial charge in [0.2, 0.25) is 0 Å². The highest BCUT2D eigenvalue weighted by molar-refractivity contribution is 5.95. The van der Waals surface area contributed by atoms with Crippen molar-refractivity contribution in [2.75, 3.05) is 13.2 Å². The van der Waals surface area contributed by atoms with Gasteiger partial charge in [0.05, 0.1) is 6.61 Å². The first kappa shape index (κ1) is 17.9. The van der Waals surface area contributed by atoms with Crippen LogP contribution >= 0.6 is 0 Å². The highest BCUT2D eigenvalue weighted by atomic mass is 16.6. The van der Waals surface area contributed by atoms with Crippen LogP contribution < -0.4 is 10.4 Å². The summed E-state index contributed by atoms with van der Waals surface area (Å²) in [6, 6.07) is 14.3. The third-order valence-electron chi connectivity index (χ3n) is 4.38. The molecule has 0 amide bonds. The van der Waals surface area contributed by atoms with E-state index in [9.17, 15) is 9.59 Å². The molecule has 0 unspecified atom stereocenters. The summed E-state index contributed by atoms with van der Waals surface area (Å²) in [6.45, 7) is 3.64. The number of fused-ring (bicyclic) bond motifs is 2. The average molecular weight is 378 g/mol. The van der Waals surface area contributed by atoms with E-state index in [2.05, 4.69) is 0 Å². The van der Waals surface area contributed by atoms with Crippen molar-refractivity contribution in [1.29, 1.82) is 0 Å². The molecule has 6 nitrogen and oxygen atoms in total. The molecular weight excluding hydrogens is 360 g/mol. The van der Waals surface area contributed by atoms with Gasteiger partial charge in [0.1, 0.15) is 22.7 Å². The summed E-state index contributed by atoms with van der Waals surface area (Å²) >= 11 is 0. The third-order valence-corrected chi connectivity index (χ3v) is 4.38. The van der Waals surface area contributed by atoms with Gasteiger partial charge in [-0.1, -0.05) is 18.2 Å². The van der Waals surface area contributed by atoms with Crippen LogP contribution in [0.25, 0.3) is 33.3 Å². The lowest BCUT2D eigenvalue weighted by Gasteiger charge is -2.11. The zero-order chi connectivity index (χ0) is 19.7. The number of rotatable bonds is 5. The van der Waals surface area contributed by atoms with E-state index in [1.165, 1.54) is 6.07 Å². The van der Waals surface area contributed by atoms with Gasteiger partial charge >= 0.3 is 11.6 Å². The molecule has 0 saturated carbocycles. The Hall–Kier alpha value is -3.54. The maximum absolute atomic E-state index is 12.1. The Morgan fingerprint density at radius 2 is 1.86 bits per heavy atom. The van der Waals surface area contributed by atoms with Crippen LogP contribution in [0.15, 0.2) is 62.2 Å². The molecule has 6 heteroatoms. The Labute approximate surface area is 160 Å². The number of esters is 1. The molecule has 0 fully saturated rings. The predicted molar refractivity (Wildman–Crippen MR) is 105 cm³/mol. The molecule has 0 aliphatic heterocycles. The lowest BCUT2D eigenvalue weighted by Crippen LogP contribution is -2.15. The van der Waals surface area contributed by atoms with Crippen molar-refractivity contribution in [2.24, 2.45) is 0 Å². The molecule has 0 spiro atoms. The molecule has 0 N–H and O–H groups in total. The summed E-state index contributed by atoms with van der Waals surface area (Å²) < 4.78 is 21.8. The summed E-state index contributed by atoms with van der Waals surface area (Å²) in [6.07, 6.45) is 0. The minimum atomic E-state index is -0.470. The molecule has 4 aromatic rings. The second kappa shape index (κ2) is 7.23. The number of carbonyl (C=O) groups excluding carboxylic acids is 1. The van der Waals surface area contributed by atoms with Crippen LogP contribution in [0.2, 0.25) is 0 Å². The van der Waals surface area contributed by atoms with Crippen molar-refractivity contribution in [1.82, 2.24) is 0 Å². The zero-order valence-corrected chi connectivity index (χ0v) is 15.5. The Morgan fingerprint density at radius 1 is 1.04 bits per heavy atom. The van der Waals surface area contributed by atoms with Gasteiger partial charge in [-0.3, -0.25) is 0 Å². The van der Waals surface area contributed by atoms with Crippen molar-refractivity contribution in [2.45, 2.75) is 13.8 Å². The van der Waals surface area contributed by atoms with Gasteiger partial charge in [0, 0.05) is 22.4 Å². The maximum Gasteiger partial charge on any atom is 0.344 e. The van der Waals surface area contributed by atoms with Gasteiger partial charge in [-0.2, -0.15) is 0 Å². The van der Waals surface area contributed by atoms with E-state index in [4.69, 9.17) is 18.3 Å². The highest BCUT2D eigenvalue weighted by Crippen LogP contribution is 2.35. The van der Waals surface area contributed by atoms with Crippen molar-refractivity contribution >= 4 is 27.9 Å². The fraction of sp³-hybridized carbons (Fsp3) is 0.182. The van der Waals surface area contributed by atoms with E-state index in [1.54, 1.807) is 19.1 Å². The van der Waals surface area contributed by atoms with Crippen LogP contribution in [-0.2, 0) is 9.53 Å². The molecule has 0 aliphatic carbocycles. The van der Waals surface area contributed by atoms with E-state index >= 15 is 0 Å². The molecule has 0 saturated heterocycles. The quantitative estimate of drug-likeness (QED) is 0.377. The molecule has 0 radical (unpaired) electrons. The van der Waals surface area contributed by atoms with Gasteiger partial charge in [0.25, 0.3) is 0 Å². The molecule has 0 atom stereocenters. The number of para-hydroxylation sites is 1. The molecule has 142 valence electrons. The smallest absolute Gasteiger partial charge is 0.344 e. The van der Waals surface area contributed by atoms with Gasteiger partial charge in [-0.25, -0.2) is 9.59 Å². The van der Waals surface area contributed by atoms with E-state index in [0.717, 1.165) is 16.5 Å². The number of furan rings is 1. The van der Waals surface area contributed by atoms with Gasteiger partial charge < -0.3 is 18.3 Å². The molecule has 2 aromatic heterocycles. The Bertz CT molecular complexity index is 1200. The van der Waals surface area contributed by atoms with E-state index in [1.807, 2.05) is 37.3 Å². The summed E-state index contributed by atoms with van der Waals surface area (Å²) in [4.78, 5) is 23.7. The third kappa shape index (κ3) is 3.36. The predicted octanol–water partition coefficient (Wildman–Crippen LogP) is 4.46. The Morgan fingerprint density at radius 3 is 2.64 bits per heavy atom. The number of hydrogen-bond donors (Lipinski definition) is 0. The maximum atomic E-state index is 12.1. The molecule has 28 heavy (non-hydrogen) atoms. The van der Waals surface area contributed by atoms with Crippen molar-refractivity contribution in [3.05, 3.63) is 64.5 Å². The van der Waals surface area contributed by atoms with E-state index in [-0.39, 0.29) is 6.61 Å². The van der Waals surface area contributed by atoms with Crippen LogP contribution in [0.4, 0.5) is 0 Å². The van der Waals surface area contributed by atoms with Crippen molar-refractivity contribution in [3.8, 4) is 17.1 Å². The van der Waals surface area contributed by atoms with Crippen LogP contribution in [0.3, 0.4) is 0 Å². The minimum Gasteiger partial charge on any atom is -0.482 e. The largest absolute Gasteiger partial charge is 0.482 e. The standard InChI is InChI=1S/C22H18O6/c1-3-25-22(24)12-26-18-10-15-16(11-21(23)28-19(15)8-13(18)2)20-9-14-6-4-5-7-17(14)27-20/h4-11H,3,12H2,1-2H3. The van der Waals surface area contributed by atoms with E-state index in [0.29, 0.717) is 34.6 Å². The monoisotopic (exact) mass is 378 g/mol. The fourth-order valence-electron chi connectivity index (χ4n) is 3.10. The summed E-state index contributed by atoms with van der Waals surface area (Å²) in [7, 11) is 0. The average Bonchev–Trinajstić information content (AvgIpc) is 3.10. The van der Waals surface area contributed by atoms with Crippen LogP contribution in [0.5, 0.6) is 5.75 Å². The molecule has 2 heterocycles. The molecule has 2 aromatic carbocycles. The molecular formula is C22H18O6. The fourth-order valence-corrected chi connectivity index (χ4v) is 3.10. The van der Waals surface area contributed by atoms with Crippen LogP contribution in [0, 0.1) is 6.92 Å². The van der Waals surface area contributed by atoms with Crippen LogP contribution in [-0.4, -0.2) is 19.2 Å². The lowest BCUT2D eigenvalue weighted by molar-refractivity contribution is -0.145. The highest BCUT2D eigenvalue weighted by Gasteiger charge is 2.15. The van der Waals surface area contributed by atoms with Crippen LogP contribution in [0.1, 0.15) is 12.5 Å². The molecule has 4 rings (SSSR count). The van der Waals surface area contributed by atoms with E-state index < -0.39 is 11.6 Å². The number of aryl methyl sites for hydroxylation is 1. The minimum absolute atomic E-state index is 0.197. The number of ether oxygens (including phenoxy) is 2. The van der Waals surface area contributed by atoms with Gasteiger partial charge in [-0.15, -0.1) is 0 Å². The lowest BCUT2D eigenvalue weighted by atomic mass is 10.0. The summed E-state index contributed by atoms with van der Waals surface area (Å²) in [5.41, 5.74) is 2.02. The topological polar surface area (TPSA) is 78.9 Å². The van der Waals surface area contributed by atoms with Gasteiger partial charge in [-0.05, 0) is 43.7 Å². The first-order chi connectivity index (χ1) is 13.5. The normalized spacial score (nSPS) is 11.1. The molecule has 0 aliphatic rings. The SMILES string of the molecule is CCOC(=O)COc1cc2c(-c3cc4ccccc4o3)cc(=O)oc2cc1C. The first-order valence-corrected chi connectivity index (χ1v) is 8.91. The Balaban J connectivity index is 1.82. The summed E-state index contributed by atoms with van der Waals surface area (Å²) in [5, 5.41) is 1.59. The molecule has 0 bridgehead atoms. The van der Waals surface area contributed by atoms with Gasteiger partial charge in [0.15, 0.2) is 6.61 Å². The summed E-state index contributed by atoms with van der Waals surface area (Å²) in [5.74, 6) is 0.616.